The lowest BCUT2D eigenvalue weighted by Gasteiger charge is -2.43. The molecule has 26 heavy (non-hydrogen) atoms. The van der Waals surface area contributed by atoms with Crippen LogP contribution in [0.5, 0.6) is 0 Å². The predicted molar refractivity (Wildman–Crippen MR) is 94.1 cm³/mol. The van der Waals surface area contributed by atoms with E-state index in [1.165, 1.54) is 16.7 Å². The van der Waals surface area contributed by atoms with E-state index in [1.54, 1.807) is 18.9 Å². The first-order valence-corrected chi connectivity index (χ1v) is 9.21. The van der Waals surface area contributed by atoms with Crippen LogP contribution in [0, 0.1) is 0 Å². The van der Waals surface area contributed by atoms with Gasteiger partial charge in [0.15, 0.2) is 12.2 Å². The molecule has 2 fully saturated rings. The number of fused-ring (bicyclic) bond motifs is 3. The third kappa shape index (κ3) is 3.15. The van der Waals surface area contributed by atoms with Crippen molar-refractivity contribution in [3.05, 3.63) is 0 Å². The number of aliphatic hydroxyl groups is 1. The van der Waals surface area contributed by atoms with E-state index in [2.05, 4.69) is 4.99 Å². The summed E-state index contributed by atoms with van der Waals surface area (Å²) >= 11 is 0. The molecule has 3 rings (SSSR count). The number of nitrogens with zero attached hydrogens (tertiary/aromatic N) is 5. The van der Waals surface area contributed by atoms with Gasteiger partial charge in [-0.3, -0.25) is 19.4 Å². The number of aliphatic hydroxyl groups excluding tert-OH is 1. The lowest BCUT2D eigenvalue weighted by atomic mass is 10.1. The molecule has 1 N–H and O–H groups in total. The highest BCUT2D eigenvalue weighted by atomic mass is 16.3. The first-order valence-electron chi connectivity index (χ1n) is 9.21. The monoisotopic (exact) mass is 365 g/mol. The molecule has 3 aliphatic heterocycles. The maximum absolute atomic E-state index is 13.0. The van der Waals surface area contributed by atoms with Crippen LogP contribution in [0.25, 0.3) is 0 Å². The van der Waals surface area contributed by atoms with E-state index in [9.17, 15) is 19.5 Å². The van der Waals surface area contributed by atoms with Crippen LogP contribution in [0.1, 0.15) is 39.5 Å². The zero-order chi connectivity index (χ0) is 19.0. The minimum absolute atomic E-state index is 0.108. The van der Waals surface area contributed by atoms with Crippen molar-refractivity contribution in [1.82, 2.24) is 19.6 Å². The summed E-state index contributed by atoms with van der Waals surface area (Å²) in [6, 6.07) is -0.918. The zero-order valence-electron chi connectivity index (χ0n) is 15.6. The molecule has 144 valence electrons. The summed E-state index contributed by atoms with van der Waals surface area (Å²) in [5, 5.41) is 9.35. The van der Waals surface area contributed by atoms with Gasteiger partial charge >= 0.3 is 6.03 Å². The van der Waals surface area contributed by atoms with Gasteiger partial charge in [0.2, 0.25) is 11.9 Å². The predicted octanol–water partition coefficient (Wildman–Crippen LogP) is 0.0500. The van der Waals surface area contributed by atoms with Crippen molar-refractivity contribution >= 4 is 23.8 Å². The fraction of sp³-hybridized carbons (Fsp3) is 0.765. The highest BCUT2D eigenvalue weighted by Gasteiger charge is 2.53. The smallest absolute Gasteiger partial charge is 0.328 e. The van der Waals surface area contributed by atoms with Crippen molar-refractivity contribution < 1.29 is 19.5 Å². The molecule has 0 aromatic rings. The number of rotatable bonds is 5. The van der Waals surface area contributed by atoms with E-state index in [4.69, 9.17) is 0 Å². The van der Waals surface area contributed by atoms with E-state index in [1.807, 2.05) is 4.90 Å². The number of unbranched alkanes of at least 4 members (excludes halogenated alkanes) is 1. The van der Waals surface area contributed by atoms with Gasteiger partial charge < -0.3 is 14.9 Å². The standard InChI is InChI=1S/C17H27N5O4/c1-11(23)7-4-5-8-22-15(25)13-14(19(3)17(22)26)18-16-20(12(2)24)9-6-10-21(13)16/h11,13-14,23H,4-10H2,1-3H3/t11-,13?,14?/m1/s1. The number of carbonyl (C=O) groups is 3. The minimum Gasteiger partial charge on any atom is -0.393 e. The Labute approximate surface area is 153 Å². The van der Waals surface area contributed by atoms with E-state index < -0.39 is 12.2 Å². The molecule has 0 bridgehead atoms. The fourth-order valence-corrected chi connectivity index (χ4v) is 3.84. The third-order valence-corrected chi connectivity index (χ3v) is 5.23. The summed E-state index contributed by atoms with van der Waals surface area (Å²) in [5.41, 5.74) is 0. The third-order valence-electron chi connectivity index (χ3n) is 5.23. The van der Waals surface area contributed by atoms with Gasteiger partial charge in [-0.2, -0.15) is 0 Å². The van der Waals surface area contributed by atoms with Crippen molar-refractivity contribution in [3.8, 4) is 0 Å². The summed E-state index contributed by atoms with van der Waals surface area (Å²) in [4.78, 5) is 48.3. The molecule has 2 unspecified atom stereocenters. The second-order valence-corrected chi connectivity index (χ2v) is 7.23. The van der Waals surface area contributed by atoms with Gasteiger partial charge in [-0.05, 0) is 32.6 Å². The summed E-state index contributed by atoms with van der Waals surface area (Å²) in [6.07, 6.45) is 1.84. The highest BCUT2D eigenvalue weighted by molar-refractivity contribution is 6.06. The van der Waals surface area contributed by atoms with Crippen LogP contribution >= 0.6 is 0 Å². The maximum Gasteiger partial charge on any atom is 0.328 e. The average Bonchev–Trinajstić information content (AvgIpc) is 2.98. The molecule has 4 amide bonds. The van der Waals surface area contributed by atoms with Gasteiger partial charge in [0.05, 0.1) is 6.10 Å². The first kappa shape index (κ1) is 18.6. The average molecular weight is 365 g/mol. The van der Waals surface area contributed by atoms with Crippen LogP contribution in [-0.2, 0) is 9.59 Å². The first-order chi connectivity index (χ1) is 12.3. The number of aliphatic imine (C=N–C) groups is 1. The van der Waals surface area contributed by atoms with Crippen molar-refractivity contribution in [2.45, 2.75) is 57.8 Å². The van der Waals surface area contributed by atoms with Crippen molar-refractivity contribution in [2.75, 3.05) is 26.7 Å². The molecule has 3 heterocycles. The molecule has 9 heteroatoms. The summed E-state index contributed by atoms with van der Waals surface area (Å²) in [5.74, 6) is 0.144. The lowest BCUT2D eigenvalue weighted by molar-refractivity contribution is -0.138. The Bertz CT molecular complexity index is 635. The molecular weight excluding hydrogens is 338 g/mol. The number of carbonyl (C=O) groups excluding carboxylic acids is 3. The number of guanidine groups is 1. The lowest BCUT2D eigenvalue weighted by Crippen LogP contribution is -2.66. The van der Waals surface area contributed by atoms with E-state index in [-0.39, 0.29) is 23.9 Å². The zero-order valence-corrected chi connectivity index (χ0v) is 15.6. The molecule has 0 aliphatic carbocycles. The summed E-state index contributed by atoms with van der Waals surface area (Å²) in [7, 11) is 1.65. The second kappa shape index (κ2) is 7.22. The molecule has 0 spiro atoms. The van der Waals surface area contributed by atoms with Crippen LogP contribution in [-0.4, -0.2) is 93.5 Å². The molecule has 2 saturated heterocycles. The molecule has 0 aromatic heterocycles. The minimum atomic E-state index is -0.585. The van der Waals surface area contributed by atoms with Crippen molar-refractivity contribution in [2.24, 2.45) is 4.99 Å². The Balaban J connectivity index is 1.76. The number of urea groups is 1. The highest BCUT2D eigenvalue weighted by Crippen LogP contribution is 2.31. The van der Waals surface area contributed by atoms with Crippen LogP contribution in [0.2, 0.25) is 0 Å². The molecule has 3 aliphatic rings. The maximum atomic E-state index is 13.0. The molecule has 9 nitrogen and oxygen atoms in total. The molecule has 0 radical (unpaired) electrons. The second-order valence-electron chi connectivity index (χ2n) is 7.23. The van der Waals surface area contributed by atoms with Gasteiger partial charge in [-0.1, -0.05) is 0 Å². The Morgan fingerprint density at radius 2 is 2.04 bits per heavy atom. The van der Waals surface area contributed by atoms with Crippen molar-refractivity contribution in [1.29, 1.82) is 0 Å². The Morgan fingerprint density at radius 1 is 1.31 bits per heavy atom. The Hall–Kier alpha value is -2.16. The Kier molecular flexibility index (Phi) is 5.17. The number of likely N-dealkylation sites (N-methyl/N-ethyl adjacent to an activating group) is 1. The quantitative estimate of drug-likeness (QED) is 0.695. The van der Waals surface area contributed by atoms with Crippen LogP contribution < -0.4 is 0 Å². The summed E-state index contributed by atoms with van der Waals surface area (Å²) < 4.78 is 0. The molecule has 3 atom stereocenters. The van der Waals surface area contributed by atoms with Gasteiger partial charge in [0, 0.05) is 33.6 Å². The van der Waals surface area contributed by atoms with E-state index in [0.29, 0.717) is 38.4 Å². The molecule has 0 saturated carbocycles. The Morgan fingerprint density at radius 3 is 2.69 bits per heavy atom. The largest absolute Gasteiger partial charge is 0.393 e. The number of hydrogen-bond donors (Lipinski definition) is 1. The topological polar surface area (TPSA) is 96.8 Å². The van der Waals surface area contributed by atoms with Crippen LogP contribution in [0.3, 0.4) is 0 Å². The molecule has 0 aromatic carbocycles. The van der Waals surface area contributed by atoms with Gasteiger partial charge in [-0.25, -0.2) is 9.79 Å². The van der Waals surface area contributed by atoms with Crippen LogP contribution in [0.4, 0.5) is 4.79 Å². The van der Waals surface area contributed by atoms with E-state index >= 15 is 0 Å². The van der Waals surface area contributed by atoms with E-state index in [0.717, 1.165) is 12.8 Å². The molecular formula is C17H27N5O4. The number of imide groups is 1. The van der Waals surface area contributed by atoms with Crippen LogP contribution in [0.15, 0.2) is 4.99 Å². The van der Waals surface area contributed by atoms with Gasteiger partial charge in [0.25, 0.3) is 5.91 Å². The van der Waals surface area contributed by atoms with Gasteiger partial charge in [-0.15, -0.1) is 0 Å². The number of amides is 4. The number of hydrogen-bond acceptors (Lipinski definition) is 6. The normalized spacial score (nSPS) is 26.7. The van der Waals surface area contributed by atoms with Gasteiger partial charge in [0.1, 0.15) is 0 Å². The summed E-state index contributed by atoms with van der Waals surface area (Å²) in [6.45, 7) is 4.77. The SMILES string of the molecule is CC(=O)N1CCCN2C1=NC1C2C(=O)N(CCCC[C@@H](C)O)C(=O)N1C. The van der Waals surface area contributed by atoms with Crippen molar-refractivity contribution in [3.63, 3.8) is 0 Å². The fourth-order valence-electron chi connectivity index (χ4n) is 3.84.